The Morgan fingerprint density at radius 1 is 0.486 bits per heavy atom. The lowest BCUT2D eigenvalue weighted by Gasteiger charge is -2.39. The Morgan fingerprint density at radius 3 is 1.23 bits per heavy atom. The van der Waals surface area contributed by atoms with Gasteiger partial charge in [0.1, 0.15) is 6.54 Å². The number of benzene rings is 1. The van der Waals surface area contributed by atoms with E-state index in [2.05, 4.69) is 87.6 Å². The predicted molar refractivity (Wildman–Crippen MR) is 159 cm³/mol. The van der Waals surface area contributed by atoms with Crippen LogP contribution in [0.2, 0.25) is 0 Å². The van der Waals surface area contributed by atoms with Gasteiger partial charge in [-0.2, -0.15) is 0 Å². The minimum absolute atomic E-state index is 1.20. The van der Waals surface area contributed by atoms with Crippen LogP contribution in [0.25, 0.3) is 0 Å². The maximum Gasteiger partial charge on any atom is 0.104 e. The number of quaternary nitrogens is 1. The van der Waals surface area contributed by atoms with E-state index in [1.165, 1.54) is 133 Å². The predicted octanol–water partition coefficient (Wildman–Crippen LogP) is 10.6. The summed E-state index contributed by atoms with van der Waals surface area (Å²) >= 11 is 0. The summed E-state index contributed by atoms with van der Waals surface area (Å²) in [5.41, 5.74) is 1.51. The van der Waals surface area contributed by atoms with Crippen LogP contribution in [-0.2, 0) is 6.54 Å². The van der Waals surface area contributed by atoms with Crippen molar-refractivity contribution in [3.05, 3.63) is 72.4 Å². The summed E-state index contributed by atoms with van der Waals surface area (Å²) < 4.78 is 1.28. The van der Waals surface area contributed by atoms with Crippen LogP contribution in [0.3, 0.4) is 0 Å². The molecular weight excluding hydrogens is 422 g/mol. The second-order valence-electron chi connectivity index (χ2n) is 10.4. The second kappa shape index (κ2) is 22.8. The van der Waals surface area contributed by atoms with Gasteiger partial charge < -0.3 is 4.48 Å². The minimum atomic E-state index is 1.20. The fraction of sp³-hybridized carbons (Fsp3) is 0.647. The molecule has 1 nitrogen and oxygen atoms in total. The minimum Gasteiger partial charge on any atom is -0.320 e. The van der Waals surface area contributed by atoms with Gasteiger partial charge in [-0.25, -0.2) is 0 Å². The van der Waals surface area contributed by atoms with Gasteiger partial charge in [0.2, 0.25) is 0 Å². The molecule has 0 spiro atoms. The molecule has 1 aromatic carbocycles. The zero-order chi connectivity index (χ0) is 25.3. The summed E-state index contributed by atoms with van der Waals surface area (Å²) in [5, 5.41) is 0. The van der Waals surface area contributed by atoms with Crippen molar-refractivity contribution in [3.63, 3.8) is 0 Å². The molecule has 0 unspecified atom stereocenters. The molecule has 1 aromatic rings. The summed E-state index contributed by atoms with van der Waals surface area (Å²) in [7, 11) is 0. The number of unbranched alkanes of at least 4 members (excludes halogenated alkanes) is 9. The van der Waals surface area contributed by atoms with E-state index in [9.17, 15) is 0 Å². The Morgan fingerprint density at radius 2 is 0.857 bits per heavy atom. The molecule has 0 fully saturated rings. The standard InChI is InChI=1S/C34H58N/c1-4-7-10-13-16-19-25-30-35(33-34-28-23-22-24-29-34,31-26-20-17-14-11-8-5-2)32-27-21-18-15-12-9-6-3/h10-15,22-24,28-29H,4-9,16-21,25-27,30-33H2,1-3H3/q+1/b13-10+,14-11+,15-12+. The molecule has 0 aliphatic carbocycles. The summed E-state index contributed by atoms with van der Waals surface area (Å²) in [4.78, 5) is 0. The van der Waals surface area contributed by atoms with Crippen molar-refractivity contribution in [1.82, 2.24) is 0 Å². The lowest BCUT2D eigenvalue weighted by Crippen LogP contribution is -2.49. The van der Waals surface area contributed by atoms with Crippen molar-refractivity contribution in [2.75, 3.05) is 19.6 Å². The summed E-state index contributed by atoms with van der Waals surface area (Å²) in [5.74, 6) is 0. The third-order valence-corrected chi connectivity index (χ3v) is 6.99. The van der Waals surface area contributed by atoms with Crippen molar-refractivity contribution in [2.24, 2.45) is 0 Å². The molecular formula is C34H58N+. The van der Waals surface area contributed by atoms with Gasteiger partial charge in [0.05, 0.1) is 19.6 Å². The Hall–Kier alpha value is -1.60. The fourth-order valence-electron chi connectivity index (χ4n) is 4.88. The van der Waals surface area contributed by atoms with E-state index >= 15 is 0 Å². The van der Waals surface area contributed by atoms with Gasteiger partial charge in [-0.1, -0.05) is 107 Å². The van der Waals surface area contributed by atoms with Crippen LogP contribution < -0.4 is 0 Å². The molecule has 0 aromatic heterocycles. The molecule has 0 radical (unpaired) electrons. The molecule has 1 rings (SSSR count). The zero-order valence-electron chi connectivity index (χ0n) is 23.7. The van der Waals surface area contributed by atoms with Crippen molar-refractivity contribution in [1.29, 1.82) is 0 Å². The Labute approximate surface area is 220 Å². The molecule has 0 aliphatic heterocycles. The van der Waals surface area contributed by atoms with Crippen molar-refractivity contribution in [2.45, 2.75) is 124 Å². The highest BCUT2D eigenvalue weighted by Gasteiger charge is 2.26. The van der Waals surface area contributed by atoms with Gasteiger partial charge in [0.15, 0.2) is 0 Å². The summed E-state index contributed by atoms with van der Waals surface area (Å²) in [6, 6.07) is 11.3. The van der Waals surface area contributed by atoms with Crippen LogP contribution >= 0.6 is 0 Å². The molecule has 0 amide bonds. The van der Waals surface area contributed by atoms with E-state index in [1.54, 1.807) is 0 Å². The zero-order valence-corrected chi connectivity index (χ0v) is 23.7. The number of hydrogen-bond acceptors (Lipinski definition) is 0. The summed E-state index contributed by atoms with van der Waals surface area (Å²) in [6.45, 7) is 12.0. The first kappa shape index (κ1) is 31.4. The average molecular weight is 481 g/mol. The average Bonchev–Trinajstić information content (AvgIpc) is 2.88. The molecule has 0 atom stereocenters. The van der Waals surface area contributed by atoms with E-state index in [1.807, 2.05) is 0 Å². The first-order chi connectivity index (χ1) is 17.3. The van der Waals surface area contributed by atoms with Gasteiger partial charge in [-0.05, 0) is 77.0 Å². The van der Waals surface area contributed by atoms with Gasteiger partial charge in [-0.3, -0.25) is 0 Å². The third kappa shape index (κ3) is 17.5. The molecule has 0 aliphatic rings. The second-order valence-corrected chi connectivity index (χ2v) is 10.4. The highest BCUT2D eigenvalue weighted by Crippen LogP contribution is 2.21. The molecule has 198 valence electrons. The van der Waals surface area contributed by atoms with Gasteiger partial charge in [0.25, 0.3) is 0 Å². The van der Waals surface area contributed by atoms with Gasteiger partial charge in [0, 0.05) is 5.56 Å². The fourth-order valence-corrected chi connectivity index (χ4v) is 4.88. The van der Waals surface area contributed by atoms with Crippen LogP contribution in [0.4, 0.5) is 0 Å². The first-order valence-electron chi connectivity index (χ1n) is 15.1. The van der Waals surface area contributed by atoms with Crippen LogP contribution in [-0.4, -0.2) is 24.1 Å². The highest BCUT2D eigenvalue weighted by atomic mass is 15.3. The van der Waals surface area contributed by atoms with Gasteiger partial charge in [-0.15, -0.1) is 0 Å². The summed E-state index contributed by atoms with van der Waals surface area (Å²) in [6.07, 6.45) is 33.6. The van der Waals surface area contributed by atoms with Crippen molar-refractivity contribution < 1.29 is 4.48 Å². The molecule has 0 bridgehead atoms. The van der Waals surface area contributed by atoms with Crippen LogP contribution in [0.5, 0.6) is 0 Å². The molecule has 1 heteroatoms. The molecule has 0 saturated carbocycles. The number of hydrogen-bond donors (Lipinski definition) is 0. The van der Waals surface area contributed by atoms with Crippen molar-refractivity contribution in [3.8, 4) is 0 Å². The Balaban J connectivity index is 2.77. The molecule has 0 saturated heterocycles. The van der Waals surface area contributed by atoms with Crippen LogP contribution in [0.1, 0.15) is 123 Å². The molecule has 0 N–H and O–H groups in total. The number of nitrogens with zero attached hydrogens (tertiary/aromatic N) is 1. The smallest absolute Gasteiger partial charge is 0.104 e. The third-order valence-electron chi connectivity index (χ3n) is 6.99. The monoisotopic (exact) mass is 480 g/mol. The normalized spacial score (nSPS) is 12.5. The van der Waals surface area contributed by atoms with E-state index in [4.69, 9.17) is 0 Å². The van der Waals surface area contributed by atoms with Crippen molar-refractivity contribution >= 4 is 0 Å². The first-order valence-corrected chi connectivity index (χ1v) is 15.1. The number of rotatable bonds is 23. The lowest BCUT2D eigenvalue weighted by atomic mass is 10.1. The quantitative estimate of drug-likeness (QED) is 0.0829. The maximum absolute atomic E-state index is 2.42. The Bertz CT molecular complexity index is 595. The van der Waals surface area contributed by atoms with E-state index in [-0.39, 0.29) is 0 Å². The Kier molecular flexibility index (Phi) is 20.5. The topological polar surface area (TPSA) is 0 Å². The van der Waals surface area contributed by atoms with Crippen LogP contribution in [0, 0.1) is 0 Å². The number of allylic oxidation sites excluding steroid dienone is 6. The van der Waals surface area contributed by atoms with Crippen LogP contribution in [0.15, 0.2) is 66.8 Å². The highest BCUT2D eigenvalue weighted by molar-refractivity contribution is 5.13. The van der Waals surface area contributed by atoms with Gasteiger partial charge >= 0.3 is 0 Å². The van der Waals surface area contributed by atoms with E-state index in [0.29, 0.717) is 0 Å². The van der Waals surface area contributed by atoms with E-state index < -0.39 is 0 Å². The van der Waals surface area contributed by atoms with E-state index in [0.717, 1.165) is 0 Å². The molecule has 0 heterocycles. The molecule has 35 heavy (non-hydrogen) atoms. The SMILES string of the molecule is CCC/C=C/CCCC[N+](CCCC/C=C/CCC)(CCCC/C=C/CCC)Cc1ccccc1. The largest absolute Gasteiger partial charge is 0.320 e. The maximum atomic E-state index is 2.42. The lowest BCUT2D eigenvalue weighted by molar-refractivity contribution is -0.941.